The Bertz CT molecular complexity index is 492. The predicted octanol–water partition coefficient (Wildman–Crippen LogP) is 2.00. The zero-order chi connectivity index (χ0) is 14.6. The average Bonchev–Trinajstić information content (AvgIpc) is 2.39. The molecule has 1 fully saturated rings. The second-order valence-electron chi connectivity index (χ2n) is 5.08. The van der Waals surface area contributed by atoms with E-state index in [-0.39, 0.29) is 17.4 Å². The second-order valence-corrected chi connectivity index (χ2v) is 5.08. The number of carbonyl (C=O) groups excluding carboxylic acids is 2. The molecule has 1 aromatic rings. The zero-order valence-electron chi connectivity index (χ0n) is 12.0. The molecule has 0 spiro atoms. The van der Waals surface area contributed by atoms with Crippen LogP contribution in [-0.4, -0.2) is 25.5 Å². The van der Waals surface area contributed by atoms with Crippen LogP contribution in [0.2, 0.25) is 0 Å². The van der Waals surface area contributed by atoms with Gasteiger partial charge in [0.2, 0.25) is 5.91 Å². The highest BCUT2D eigenvalue weighted by Gasteiger charge is 2.45. The van der Waals surface area contributed by atoms with Crippen LogP contribution in [0, 0.1) is 0 Å². The lowest BCUT2D eigenvalue weighted by Gasteiger charge is -2.40. The number of benzene rings is 1. The van der Waals surface area contributed by atoms with Gasteiger partial charge in [-0.1, -0.05) is 18.6 Å². The van der Waals surface area contributed by atoms with Crippen molar-refractivity contribution in [3.05, 3.63) is 29.8 Å². The highest BCUT2D eigenvalue weighted by atomic mass is 16.2. The van der Waals surface area contributed by atoms with Gasteiger partial charge in [-0.25, -0.2) is 4.79 Å². The Morgan fingerprint density at radius 3 is 2.30 bits per heavy atom. The van der Waals surface area contributed by atoms with E-state index in [9.17, 15) is 9.59 Å². The maximum Gasteiger partial charge on any atom is 0.318 e. The Hall–Kier alpha value is -2.04. The molecule has 108 valence electrons. The van der Waals surface area contributed by atoms with E-state index in [0.29, 0.717) is 6.54 Å². The van der Waals surface area contributed by atoms with Gasteiger partial charge in [0.05, 0.1) is 5.41 Å². The molecule has 0 radical (unpaired) electrons. The van der Waals surface area contributed by atoms with E-state index >= 15 is 0 Å². The summed E-state index contributed by atoms with van der Waals surface area (Å²) in [4.78, 5) is 23.5. The average molecular weight is 275 g/mol. The van der Waals surface area contributed by atoms with Crippen molar-refractivity contribution >= 4 is 17.6 Å². The molecule has 3 N–H and O–H groups in total. The summed E-state index contributed by atoms with van der Waals surface area (Å²) < 4.78 is 0. The van der Waals surface area contributed by atoms with Crippen molar-refractivity contribution in [1.29, 1.82) is 0 Å². The highest BCUT2D eigenvalue weighted by molar-refractivity contribution is 5.90. The fourth-order valence-corrected chi connectivity index (χ4v) is 2.57. The van der Waals surface area contributed by atoms with Gasteiger partial charge in [0.15, 0.2) is 0 Å². The van der Waals surface area contributed by atoms with E-state index in [1.807, 2.05) is 31.2 Å². The summed E-state index contributed by atoms with van der Waals surface area (Å²) in [5.41, 5.74) is 1.37. The van der Waals surface area contributed by atoms with Crippen molar-refractivity contribution in [3.63, 3.8) is 0 Å². The maximum absolute atomic E-state index is 12.3. The minimum Gasteiger partial charge on any atom is -0.356 e. The van der Waals surface area contributed by atoms with Gasteiger partial charge in [0.1, 0.15) is 0 Å². The number of likely N-dealkylation sites (N-methyl/N-ethyl adjacent to an activating group) is 1. The number of amides is 3. The summed E-state index contributed by atoms with van der Waals surface area (Å²) >= 11 is 0. The summed E-state index contributed by atoms with van der Waals surface area (Å²) in [6, 6.07) is 7.28. The van der Waals surface area contributed by atoms with Gasteiger partial charge in [-0.3, -0.25) is 4.79 Å². The van der Waals surface area contributed by atoms with Crippen LogP contribution >= 0.6 is 0 Å². The van der Waals surface area contributed by atoms with Crippen molar-refractivity contribution < 1.29 is 9.59 Å². The van der Waals surface area contributed by atoms with Gasteiger partial charge in [-0.05, 0) is 37.5 Å². The molecule has 5 nitrogen and oxygen atoms in total. The lowest BCUT2D eigenvalue weighted by Crippen LogP contribution is -2.49. The zero-order valence-corrected chi connectivity index (χ0v) is 12.0. The third-order valence-corrected chi connectivity index (χ3v) is 3.90. The van der Waals surface area contributed by atoms with Crippen LogP contribution < -0.4 is 16.0 Å². The maximum atomic E-state index is 12.3. The normalized spacial score (nSPS) is 15.9. The Morgan fingerprint density at radius 2 is 1.85 bits per heavy atom. The van der Waals surface area contributed by atoms with Gasteiger partial charge in [0.25, 0.3) is 0 Å². The SMILES string of the molecule is CCNC(=O)C1(c2ccc(NC(=O)NC)cc2)CCC1. The van der Waals surface area contributed by atoms with Crippen molar-refractivity contribution in [2.75, 3.05) is 18.9 Å². The number of nitrogens with one attached hydrogen (secondary N) is 3. The molecule has 0 unspecified atom stereocenters. The number of urea groups is 1. The lowest BCUT2D eigenvalue weighted by molar-refractivity contribution is -0.129. The molecule has 1 aromatic carbocycles. The lowest BCUT2D eigenvalue weighted by atomic mass is 9.64. The molecule has 1 saturated carbocycles. The van der Waals surface area contributed by atoms with E-state index in [4.69, 9.17) is 0 Å². The van der Waals surface area contributed by atoms with E-state index in [2.05, 4.69) is 16.0 Å². The van der Waals surface area contributed by atoms with Crippen LogP contribution in [-0.2, 0) is 10.2 Å². The van der Waals surface area contributed by atoms with Crippen molar-refractivity contribution in [1.82, 2.24) is 10.6 Å². The molecule has 0 aliphatic heterocycles. The summed E-state index contributed by atoms with van der Waals surface area (Å²) in [7, 11) is 1.57. The van der Waals surface area contributed by atoms with Crippen LogP contribution in [0.15, 0.2) is 24.3 Å². The third-order valence-electron chi connectivity index (χ3n) is 3.90. The molecule has 5 heteroatoms. The summed E-state index contributed by atoms with van der Waals surface area (Å²) in [6.45, 7) is 2.58. The minimum atomic E-state index is -0.373. The topological polar surface area (TPSA) is 70.2 Å². The van der Waals surface area contributed by atoms with E-state index in [1.165, 1.54) is 0 Å². The van der Waals surface area contributed by atoms with Gasteiger partial charge in [0, 0.05) is 19.3 Å². The fraction of sp³-hybridized carbons (Fsp3) is 0.467. The predicted molar refractivity (Wildman–Crippen MR) is 78.7 cm³/mol. The summed E-state index contributed by atoms with van der Waals surface area (Å²) in [6.07, 6.45) is 2.86. The smallest absolute Gasteiger partial charge is 0.318 e. The first-order valence-electron chi connectivity index (χ1n) is 7.00. The molecule has 0 atom stereocenters. The van der Waals surface area contributed by atoms with E-state index in [0.717, 1.165) is 30.5 Å². The molecule has 1 aliphatic carbocycles. The minimum absolute atomic E-state index is 0.110. The highest BCUT2D eigenvalue weighted by Crippen LogP contribution is 2.44. The molecule has 20 heavy (non-hydrogen) atoms. The molecule has 2 rings (SSSR count). The number of rotatable bonds is 4. The standard InChI is InChI=1S/C15H21N3O2/c1-3-17-13(19)15(9-4-10-15)11-5-7-12(8-6-11)18-14(20)16-2/h5-8H,3-4,9-10H2,1-2H3,(H,17,19)(H2,16,18,20). The van der Waals surface area contributed by atoms with Crippen LogP contribution in [0.1, 0.15) is 31.7 Å². The molecule has 3 amide bonds. The Morgan fingerprint density at radius 1 is 1.20 bits per heavy atom. The largest absolute Gasteiger partial charge is 0.356 e. The first-order valence-corrected chi connectivity index (χ1v) is 7.00. The van der Waals surface area contributed by atoms with Crippen molar-refractivity contribution in [2.24, 2.45) is 0 Å². The van der Waals surface area contributed by atoms with Crippen LogP contribution in [0.25, 0.3) is 0 Å². The Labute approximate surface area is 119 Å². The number of anilines is 1. The fourth-order valence-electron chi connectivity index (χ4n) is 2.57. The van der Waals surface area contributed by atoms with Crippen molar-refractivity contribution in [2.45, 2.75) is 31.6 Å². The van der Waals surface area contributed by atoms with Gasteiger partial charge in [-0.2, -0.15) is 0 Å². The third kappa shape index (κ3) is 2.61. The Balaban J connectivity index is 2.15. The van der Waals surface area contributed by atoms with Crippen LogP contribution in [0.5, 0.6) is 0 Å². The molecule has 0 heterocycles. The number of hydrogen-bond acceptors (Lipinski definition) is 2. The first-order chi connectivity index (χ1) is 9.62. The van der Waals surface area contributed by atoms with Crippen LogP contribution in [0.3, 0.4) is 0 Å². The monoisotopic (exact) mass is 275 g/mol. The second kappa shape index (κ2) is 5.94. The summed E-state index contributed by atoms with van der Waals surface area (Å²) in [5.74, 6) is 0.110. The Kier molecular flexibility index (Phi) is 4.27. The van der Waals surface area contributed by atoms with Crippen molar-refractivity contribution in [3.8, 4) is 0 Å². The molecular weight excluding hydrogens is 254 g/mol. The molecule has 0 bridgehead atoms. The molecule has 1 aliphatic rings. The van der Waals surface area contributed by atoms with Gasteiger partial charge in [-0.15, -0.1) is 0 Å². The molecule has 0 aromatic heterocycles. The van der Waals surface area contributed by atoms with Gasteiger partial charge >= 0.3 is 6.03 Å². The van der Waals surface area contributed by atoms with Crippen LogP contribution in [0.4, 0.5) is 10.5 Å². The molecule has 0 saturated heterocycles. The van der Waals surface area contributed by atoms with E-state index in [1.54, 1.807) is 7.05 Å². The number of hydrogen-bond donors (Lipinski definition) is 3. The van der Waals surface area contributed by atoms with Gasteiger partial charge < -0.3 is 16.0 Å². The first kappa shape index (κ1) is 14.4. The number of carbonyl (C=O) groups is 2. The van der Waals surface area contributed by atoms with E-state index < -0.39 is 0 Å². The summed E-state index contributed by atoms with van der Waals surface area (Å²) in [5, 5.41) is 8.14. The molecular formula is C15H21N3O2. The quantitative estimate of drug-likeness (QED) is 0.786.